The van der Waals surface area contributed by atoms with Crippen LogP contribution in [-0.2, 0) is 9.59 Å². The molecule has 11 heavy (non-hydrogen) atoms. The van der Waals surface area contributed by atoms with Crippen molar-refractivity contribution in [3.05, 3.63) is 0 Å². The Morgan fingerprint density at radius 1 is 1.36 bits per heavy atom. The van der Waals surface area contributed by atoms with E-state index >= 15 is 0 Å². The van der Waals surface area contributed by atoms with Gasteiger partial charge in [0.05, 0.1) is 12.5 Å². The summed E-state index contributed by atoms with van der Waals surface area (Å²) in [6.45, 7) is 0. The van der Waals surface area contributed by atoms with Crippen LogP contribution in [-0.4, -0.2) is 17.7 Å². The van der Waals surface area contributed by atoms with Crippen LogP contribution in [0, 0.1) is 5.92 Å². The highest BCUT2D eigenvalue weighted by atomic mass is 16.2. The molecule has 2 fully saturated rings. The number of carbonyl (C=O) groups is 2. The van der Waals surface area contributed by atoms with Gasteiger partial charge in [0, 0.05) is 0 Å². The van der Waals surface area contributed by atoms with Gasteiger partial charge in [-0.25, -0.2) is 0 Å². The lowest BCUT2D eigenvalue weighted by Gasteiger charge is -2.05. The van der Waals surface area contributed by atoms with Gasteiger partial charge in [0.2, 0.25) is 5.91 Å². The minimum Gasteiger partial charge on any atom is -0.346 e. The Kier molecular flexibility index (Phi) is 1.44. The van der Waals surface area contributed by atoms with E-state index in [1.165, 1.54) is 12.8 Å². The van der Waals surface area contributed by atoms with Gasteiger partial charge >= 0.3 is 0 Å². The van der Waals surface area contributed by atoms with Gasteiger partial charge in [-0.3, -0.25) is 9.59 Å². The summed E-state index contributed by atoms with van der Waals surface area (Å²) in [5.74, 6) is 0.699. The zero-order chi connectivity index (χ0) is 7.84. The van der Waals surface area contributed by atoms with E-state index in [0.29, 0.717) is 5.92 Å². The van der Waals surface area contributed by atoms with Crippen molar-refractivity contribution in [2.45, 2.75) is 31.7 Å². The van der Waals surface area contributed by atoms with Crippen LogP contribution in [0.2, 0.25) is 0 Å². The average molecular weight is 153 g/mol. The maximum Gasteiger partial charge on any atom is 0.228 e. The molecule has 1 N–H and O–H groups in total. The van der Waals surface area contributed by atoms with E-state index in [4.69, 9.17) is 0 Å². The molecule has 2 aliphatic rings. The van der Waals surface area contributed by atoms with Crippen LogP contribution in [0.25, 0.3) is 0 Å². The Morgan fingerprint density at radius 2 is 2.09 bits per heavy atom. The molecular formula is C8H11NO2. The zero-order valence-corrected chi connectivity index (χ0v) is 6.30. The molecule has 0 unspecified atom stereocenters. The fourth-order valence-corrected chi connectivity index (χ4v) is 1.48. The molecule has 0 bridgehead atoms. The summed E-state index contributed by atoms with van der Waals surface area (Å²) in [6.07, 6.45) is 3.46. The predicted molar refractivity (Wildman–Crippen MR) is 38.9 cm³/mol. The molecule has 1 heterocycles. The summed E-state index contributed by atoms with van der Waals surface area (Å²) in [4.78, 5) is 21.8. The highest BCUT2D eigenvalue weighted by Gasteiger charge is 2.34. The number of hydrogen-bond acceptors (Lipinski definition) is 2. The molecule has 2 rings (SSSR count). The first-order valence-electron chi connectivity index (χ1n) is 4.08. The van der Waals surface area contributed by atoms with E-state index in [9.17, 15) is 9.59 Å². The van der Waals surface area contributed by atoms with Gasteiger partial charge in [0.25, 0.3) is 0 Å². The molecule has 3 heteroatoms. The summed E-state index contributed by atoms with van der Waals surface area (Å²) in [6, 6.07) is -0.144. The predicted octanol–water partition coefficient (Wildman–Crippen LogP) is 0.244. The summed E-state index contributed by atoms with van der Waals surface area (Å²) in [5, 5.41) is 2.69. The molecule has 1 atom stereocenters. The molecule has 0 aromatic rings. The van der Waals surface area contributed by atoms with Gasteiger partial charge in [-0.05, 0) is 12.3 Å². The van der Waals surface area contributed by atoms with Gasteiger partial charge in [-0.1, -0.05) is 12.8 Å². The maximum absolute atomic E-state index is 11.1. The van der Waals surface area contributed by atoms with Gasteiger partial charge in [-0.2, -0.15) is 0 Å². The summed E-state index contributed by atoms with van der Waals surface area (Å²) in [7, 11) is 0. The van der Waals surface area contributed by atoms with E-state index in [1.807, 2.05) is 0 Å². The van der Waals surface area contributed by atoms with Crippen LogP contribution in [0.4, 0.5) is 0 Å². The first-order chi connectivity index (χ1) is 5.25. The molecule has 1 saturated heterocycles. The molecule has 1 amide bonds. The number of amides is 1. The largest absolute Gasteiger partial charge is 0.346 e. The Balaban J connectivity index is 1.91. The highest BCUT2D eigenvalue weighted by Crippen LogP contribution is 2.34. The number of rotatable bonds is 2. The van der Waals surface area contributed by atoms with Crippen molar-refractivity contribution < 1.29 is 9.59 Å². The van der Waals surface area contributed by atoms with Crippen molar-refractivity contribution in [3.8, 4) is 0 Å². The van der Waals surface area contributed by atoms with E-state index < -0.39 is 0 Å². The lowest BCUT2D eigenvalue weighted by Crippen LogP contribution is -2.29. The van der Waals surface area contributed by atoms with Crippen molar-refractivity contribution in [2.75, 3.05) is 0 Å². The molecule has 1 aliphatic heterocycles. The van der Waals surface area contributed by atoms with E-state index in [1.54, 1.807) is 0 Å². The van der Waals surface area contributed by atoms with Crippen molar-refractivity contribution in [1.29, 1.82) is 0 Å². The topological polar surface area (TPSA) is 46.2 Å². The minimum absolute atomic E-state index is 0.0851. The standard InChI is InChI=1S/C8H11NO2/c10-7-4-8(11)9-6(7)3-5-1-2-5/h5-6H,1-4H2,(H,9,11)/t6-/m1/s1. The quantitative estimate of drug-likeness (QED) is 0.578. The van der Waals surface area contributed by atoms with Crippen LogP contribution < -0.4 is 5.32 Å². The average Bonchev–Trinajstić information content (AvgIpc) is 2.64. The van der Waals surface area contributed by atoms with Crippen molar-refractivity contribution in [3.63, 3.8) is 0 Å². The molecular weight excluding hydrogens is 142 g/mol. The molecule has 3 nitrogen and oxygen atoms in total. The number of carbonyl (C=O) groups excluding carboxylic acids is 2. The first-order valence-corrected chi connectivity index (χ1v) is 4.08. The smallest absolute Gasteiger partial charge is 0.228 e. The molecule has 60 valence electrons. The second-order valence-corrected chi connectivity index (χ2v) is 3.44. The van der Waals surface area contributed by atoms with E-state index in [-0.39, 0.29) is 24.2 Å². The SMILES string of the molecule is O=C1CC(=O)[C@@H](CC2CC2)N1. The number of ketones is 1. The normalized spacial score (nSPS) is 30.7. The zero-order valence-electron chi connectivity index (χ0n) is 6.30. The highest BCUT2D eigenvalue weighted by molar-refractivity contribution is 6.07. The Bertz CT molecular complexity index is 208. The van der Waals surface area contributed by atoms with Crippen LogP contribution in [0.15, 0.2) is 0 Å². The van der Waals surface area contributed by atoms with E-state index in [2.05, 4.69) is 5.32 Å². The molecule has 0 aromatic heterocycles. The molecule has 0 spiro atoms. The fraction of sp³-hybridized carbons (Fsp3) is 0.750. The van der Waals surface area contributed by atoms with Gasteiger partial charge in [0.15, 0.2) is 5.78 Å². The van der Waals surface area contributed by atoms with Crippen LogP contribution in [0.3, 0.4) is 0 Å². The molecule has 0 aromatic carbocycles. The Hall–Kier alpha value is -0.860. The summed E-state index contributed by atoms with van der Waals surface area (Å²) >= 11 is 0. The third-order valence-electron chi connectivity index (χ3n) is 2.32. The number of Topliss-reactive ketones (excluding diaryl/α,β-unsaturated/α-hetero) is 1. The van der Waals surface area contributed by atoms with Gasteiger partial charge in [0.1, 0.15) is 0 Å². The monoisotopic (exact) mass is 153 g/mol. The molecule has 0 radical (unpaired) electrons. The van der Waals surface area contributed by atoms with Crippen molar-refractivity contribution in [2.24, 2.45) is 5.92 Å². The third kappa shape index (κ3) is 1.42. The van der Waals surface area contributed by atoms with Crippen LogP contribution in [0.5, 0.6) is 0 Å². The van der Waals surface area contributed by atoms with Crippen LogP contribution >= 0.6 is 0 Å². The maximum atomic E-state index is 11.1. The number of nitrogens with one attached hydrogen (secondary N) is 1. The number of hydrogen-bond donors (Lipinski definition) is 1. The first kappa shape index (κ1) is 6.83. The molecule has 1 saturated carbocycles. The van der Waals surface area contributed by atoms with Crippen LogP contribution in [0.1, 0.15) is 25.7 Å². The van der Waals surface area contributed by atoms with Gasteiger partial charge < -0.3 is 5.32 Å². The lowest BCUT2D eigenvalue weighted by atomic mass is 10.1. The third-order valence-corrected chi connectivity index (χ3v) is 2.32. The second kappa shape index (κ2) is 2.32. The van der Waals surface area contributed by atoms with E-state index in [0.717, 1.165) is 6.42 Å². The second-order valence-electron chi connectivity index (χ2n) is 3.44. The molecule has 1 aliphatic carbocycles. The Morgan fingerprint density at radius 3 is 2.55 bits per heavy atom. The Labute approximate surface area is 65.2 Å². The van der Waals surface area contributed by atoms with Crippen molar-refractivity contribution in [1.82, 2.24) is 5.32 Å². The summed E-state index contributed by atoms with van der Waals surface area (Å²) < 4.78 is 0. The lowest BCUT2D eigenvalue weighted by molar-refractivity contribution is -0.122. The fourth-order valence-electron chi connectivity index (χ4n) is 1.48. The van der Waals surface area contributed by atoms with Crippen molar-refractivity contribution >= 4 is 11.7 Å². The minimum atomic E-state index is -0.144. The van der Waals surface area contributed by atoms with Gasteiger partial charge in [-0.15, -0.1) is 0 Å². The summed E-state index contributed by atoms with van der Waals surface area (Å²) in [5.41, 5.74) is 0.